The van der Waals surface area contributed by atoms with Crippen LogP contribution in [-0.4, -0.2) is 17.8 Å². The van der Waals surface area contributed by atoms with Gasteiger partial charge in [-0.3, -0.25) is 5.32 Å². The zero-order valence-corrected chi connectivity index (χ0v) is 14.1. The van der Waals surface area contributed by atoms with Crippen LogP contribution in [0.5, 0.6) is 5.75 Å². The van der Waals surface area contributed by atoms with Crippen LogP contribution in [0.2, 0.25) is 0 Å². The van der Waals surface area contributed by atoms with E-state index in [1.54, 1.807) is 0 Å². The topological polar surface area (TPSA) is 47.6 Å². The van der Waals surface area contributed by atoms with Gasteiger partial charge in [0.05, 0.1) is 0 Å². The molecule has 0 aliphatic carbocycles. The quantitative estimate of drug-likeness (QED) is 0.821. The molecular formula is C15H20BrNO3. The molecule has 0 saturated carbocycles. The van der Waals surface area contributed by atoms with Gasteiger partial charge in [0.1, 0.15) is 23.1 Å². The maximum atomic E-state index is 12.0. The number of carbonyl (C=O) groups is 1. The summed E-state index contributed by atoms with van der Waals surface area (Å²) in [5.74, 6) is 0.737. The second-order valence-electron chi connectivity index (χ2n) is 6.13. The molecule has 1 amide bonds. The summed E-state index contributed by atoms with van der Waals surface area (Å²) in [6.07, 6.45) is 0.499. The van der Waals surface area contributed by atoms with Crippen molar-refractivity contribution in [2.45, 2.75) is 52.7 Å². The van der Waals surface area contributed by atoms with Gasteiger partial charge in [0, 0.05) is 16.5 Å². The first-order chi connectivity index (χ1) is 9.17. The summed E-state index contributed by atoms with van der Waals surface area (Å²) < 4.78 is 11.9. The summed E-state index contributed by atoms with van der Waals surface area (Å²) >= 11 is 3.51. The third-order valence-corrected chi connectivity index (χ3v) is 3.95. The van der Waals surface area contributed by atoms with Crippen molar-refractivity contribution in [1.29, 1.82) is 0 Å². The monoisotopic (exact) mass is 341 g/mol. The molecule has 0 aromatic heterocycles. The molecule has 0 unspecified atom stereocenters. The number of amides is 1. The van der Waals surface area contributed by atoms with Crippen molar-refractivity contribution in [3.8, 4) is 5.75 Å². The highest BCUT2D eigenvalue weighted by atomic mass is 79.9. The molecule has 1 N–H and O–H groups in total. The predicted molar refractivity (Wildman–Crippen MR) is 82.5 cm³/mol. The number of anilines is 1. The Labute approximate surface area is 128 Å². The van der Waals surface area contributed by atoms with Gasteiger partial charge in [0.25, 0.3) is 0 Å². The van der Waals surface area contributed by atoms with Crippen LogP contribution in [0.1, 0.15) is 38.8 Å². The van der Waals surface area contributed by atoms with E-state index in [-0.39, 0.29) is 6.10 Å². The molecular weight excluding hydrogens is 322 g/mol. The van der Waals surface area contributed by atoms with E-state index in [2.05, 4.69) is 27.3 Å². The average molecular weight is 342 g/mol. The second kappa shape index (κ2) is 5.28. The molecule has 1 aromatic rings. The van der Waals surface area contributed by atoms with E-state index in [1.165, 1.54) is 0 Å². The number of ether oxygens (including phenoxy) is 2. The first-order valence-corrected chi connectivity index (χ1v) is 7.45. The first kappa shape index (κ1) is 15.2. The van der Waals surface area contributed by atoms with Crippen LogP contribution in [0.15, 0.2) is 10.5 Å². The van der Waals surface area contributed by atoms with Gasteiger partial charge in [0.15, 0.2) is 0 Å². The SMILES string of the molecule is Cc1cc2c(c(NC(=O)OC(C)(C)C)c1Br)O[C@H](C)C2. The Morgan fingerprint density at radius 1 is 1.50 bits per heavy atom. The number of aryl methyl sites for hydroxylation is 1. The number of benzene rings is 1. The molecule has 20 heavy (non-hydrogen) atoms. The Morgan fingerprint density at radius 3 is 2.75 bits per heavy atom. The Balaban J connectivity index is 2.30. The number of nitrogens with one attached hydrogen (secondary N) is 1. The van der Waals surface area contributed by atoms with Crippen molar-refractivity contribution in [3.05, 3.63) is 21.7 Å². The molecule has 1 atom stereocenters. The van der Waals surface area contributed by atoms with Crippen LogP contribution in [0.3, 0.4) is 0 Å². The minimum absolute atomic E-state index is 0.123. The van der Waals surface area contributed by atoms with Crippen molar-refractivity contribution < 1.29 is 14.3 Å². The fraction of sp³-hybridized carbons (Fsp3) is 0.533. The molecule has 0 fully saturated rings. The Bertz CT molecular complexity index is 549. The van der Waals surface area contributed by atoms with E-state index in [1.807, 2.05) is 34.6 Å². The summed E-state index contributed by atoms with van der Waals surface area (Å²) in [5.41, 5.74) is 2.30. The molecule has 0 radical (unpaired) electrons. The van der Waals surface area contributed by atoms with Crippen molar-refractivity contribution in [3.63, 3.8) is 0 Å². The molecule has 0 saturated heterocycles. The molecule has 1 heterocycles. The fourth-order valence-electron chi connectivity index (χ4n) is 2.20. The second-order valence-corrected chi connectivity index (χ2v) is 6.92. The molecule has 1 aromatic carbocycles. The van der Waals surface area contributed by atoms with Crippen LogP contribution in [0.25, 0.3) is 0 Å². The summed E-state index contributed by atoms with van der Waals surface area (Å²) in [6.45, 7) is 9.51. The van der Waals surface area contributed by atoms with Gasteiger partial charge in [-0.15, -0.1) is 0 Å². The molecule has 0 spiro atoms. The average Bonchev–Trinajstić information content (AvgIpc) is 2.62. The van der Waals surface area contributed by atoms with E-state index in [0.717, 1.165) is 27.8 Å². The van der Waals surface area contributed by atoms with Crippen molar-refractivity contribution in [2.24, 2.45) is 0 Å². The Morgan fingerprint density at radius 2 is 2.15 bits per heavy atom. The van der Waals surface area contributed by atoms with Gasteiger partial charge >= 0.3 is 6.09 Å². The Hall–Kier alpha value is -1.23. The van der Waals surface area contributed by atoms with Gasteiger partial charge in [-0.1, -0.05) is 6.07 Å². The lowest BCUT2D eigenvalue weighted by atomic mass is 10.1. The van der Waals surface area contributed by atoms with Crippen molar-refractivity contribution in [2.75, 3.05) is 5.32 Å². The largest absolute Gasteiger partial charge is 0.488 e. The zero-order valence-electron chi connectivity index (χ0n) is 12.5. The molecule has 1 aliphatic rings. The van der Waals surface area contributed by atoms with Gasteiger partial charge in [-0.25, -0.2) is 4.79 Å². The van der Waals surface area contributed by atoms with Crippen LogP contribution in [0, 0.1) is 6.92 Å². The summed E-state index contributed by atoms with van der Waals surface area (Å²) in [6, 6.07) is 2.09. The number of hydrogen-bond donors (Lipinski definition) is 1. The maximum absolute atomic E-state index is 12.0. The highest BCUT2D eigenvalue weighted by Crippen LogP contribution is 2.43. The molecule has 2 rings (SSSR count). The lowest BCUT2D eigenvalue weighted by Gasteiger charge is -2.21. The van der Waals surface area contributed by atoms with E-state index in [0.29, 0.717) is 5.69 Å². The predicted octanol–water partition coefficient (Wildman–Crippen LogP) is 4.43. The normalized spacial score (nSPS) is 17.4. The maximum Gasteiger partial charge on any atom is 0.412 e. The molecule has 110 valence electrons. The lowest BCUT2D eigenvalue weighted by molar-refractivity contribution is 0.0635. The van der Waals surface area contributed by atoms with Crippen LogP contribution in [-0.2, 0) is 11.2 Å². The highest BCUT2D eigenvalue weighted by Gasteiger charge is 2.27. The first-order valence-electron chi connectivity index (χ1n) is 6.66. The third-order valence-electron chi connectivity index (χ3n) is 2.93. The zero-order chi connectivity index (χ0) is 15.1. The molecule has 0 bridgehead atoms. The van der Waals surface area contributed by atoms with Crippen molar-refractivity contribution >= 4 is 27.7 Å². The fourth-order valence-corrected chi connectivity index (χ4v) is 2.60. The van der Waals surface area contributed by atoms with Crippen LogP contribution < -0.4 is 10.1 Å². The standard InChI is InChI=1S/C15H20BrNO3/c1-8-6-10-7-9(2)19-13(10)12(11(8)16)17-14(18)20-15(3,4)5/h6,9H,7H2,1-5H3,(H,17,18)/t9-/m1/s1. The number of rotatable bonds is 1. The molecule has 5 heteroatoms. The van der Waals surface area contributed by atoms with Gasteiger partial charge < -0.3 is 9.47 Å². The van der Waals surface area contributed by atoms with Gasteiger partial charge in [0.2, 0.25) is 0 Å². The van der Waals surface area contributed by atoms with E-state index < -0.39 is 11.7 Å². The minimum Gasteiger partial charge on any atom is -0.488 e. The van der Waals surface area contributed by atoms with Gasteiger partial charge in [-0.05, 0) is 56.1 Å². The Kier molecular flexibility index (Phi) is 4.00. The van der Waals surface area contributed by atoms with E-state index in [9.17, 15) is 4.79 Å². The number of hydrogen-bond acceptors (Lipinski definition) is 3. The van der Waals surface area contributed by atoms with Crippen LogP contribution in [0.4, 0.5) is 10.5 Å². The minimum atomic E-state index is -0.530. The number of fused-ring (bicyclic) bond motifs is 1. The summed E-state index contributed by atoms with van der Waals surface area (Å²) in [5, 5.41) is 2.80. The lowest BCUT2D eigenvalue weighted by Crippen LogP contribution is -2.27. The third kappa shape index (κ3) is 3.26. The highest BCUT2D eigenvalue weighted by molar-refractivity contribution is 9.10. The molecule has 1 aliphatic heterocycles. The summed E-state index contributed by atoms with van der Waals surface area (Å²) in [4.78, 5) is 12.0. The van der Waals surface area contributed by atoms with Crippen LogP contribution >= 0.6 is 15.9 Å². The van der Waals surface area contributed by atoms with E-state index >= 15 is 0 Å². The molecule has 4 nitrogen and oxygen atoms in total. The van der Waals surface area contributed by atoms with E-state index in [4.69, 9.17) is 9.47 Å². The number of carbonyl (C=O) groups excluding carboxylic acids is 1. The van der Waals surface area contributed by atoms with Crippen molar-refractivity contribution in [1.82, 2.24) is 0 Å². The summed E-state index contributed by atoms with van der Waals surface area (Å²) in [7, 11) is 0. The van der Waals surface area contributed by atoms with Gasteiger partial charge in [-0.2, -0.15) is 0 Å². The smallest absolute Gasteiger partial charge is 0.412 e. The number of halogens is 1.